The van der Waals surface area contributed by atoms with E-state index in [4.69, 9.17) is 11.6 Å². The zero-order chi connectivity index (χ0) is 13.3. The Balaban J connectivity index is 2.37. The standard InChI is InChI=1S/C12H10ClF3N2/c1-8-9(6-13)7-17-18(8)11-4-2-10(3-5-11)12(14,15)16/h2-5,7H,6H2,1H3. The molecule has 2 aromatic rings. The fourth-order valence-corrected chi connectivity index (χ4v) is 1.89. The molecule has 0 spiro atoms. The summed E-state index contributed by atoms with van der Waals surface area (Å²) in [4.78, 5) is 0. The molecule has 96 valence electrons. The van der Waals surface area contributed by atoms with E-state index in [2.05, 4.69) is 5.10 Å². The second-order valence-electron chi connectivity index (χ2n) is 3.85. The molecule has 0 bridgehead atoms. The first-order chi connectivity index (χ1) is 8.43. The zero-order valence-electron chi connectivity index (χ0n) is 9.50. The van der Waals surface area contributed by atoms with Gasteiger partial charge in [0.1, 0.15) is 0 Å². The van der Waals surface area contributed by atoms with Gasteiger partial charge in [0.15, 0.2) is 0 Å². The lowest BCUT2D eigenvalue weighted by atomic mass is 10.2. The van der Waals surface area contributed by atoms with Crippen molar-refractivity contribution in [2.45, 2.75) is 19.0 Å². The van der Waals surface area contributed by atoms with Crippen molar-refractivity contribution in [2.24, 2.45) is 0 Å². The molecule has 0 saturated heterocycles. The summed E-state index contributed by atoms with van der Waals surface area (Å²) in [6, 6.07) is 4.86. The molecule has 2 rings (SSSR count). The van der Waals surface area contributed by atoms with Crippen LogP contribution in [0.25, 0.3) is 5.69 Å². The number of nitrogens with zero attached hydrogens (tertiary/aromatic N) is 2. The molecule has 1 aromatic carbocycles. The number of aromatic nitrogens is 2. The van der Waals surface area contributed by atoms with E-state index < -0.39 is 11.7 Å². The highest BCUT2D eigenvalue weighted by atomic mass is 35.5. The van der Waals surface area contributed by atoms with E-state index in [1.165, 1.54) is 12.1 Å². The van der Waals surface area contributed by atoms with Crippen molar-refractivity contribution in [3.05, 3.63) is 47.3 Å². The monoisotopic (exact) mass is 274 g/mol. The molecule has 0 saturated carbocycles. The van der Waals surface area contributed by atoms with Gasteiger partial charge in [-0.15, -0.1) is 11.6 Å². The molecule has 1 heterocycles. The van der Waals surface area contributed by atoms with Crippen LogP contribution in [0, 0.1) is 6.92 Å². The molecule has 2 nitrogen and oxygen atoms in total. The van der Waals surface area contributed by atoms with E-state index in [1.54, 1.807) is 10.9 Å². The van der Waals surface area contributed by atoms with E-state index in [1.807, 2.05) is 6.92 Å². The maximum absolute atomic E-state index is 12.4. The van der Waals surface area contributed by atoms with Crippen LogP contribution in [0.15, 0.2) is 30.5 Å². The van der Waals surface area contributed by atoms with Crippen LogP contribution in [-0.4, -0.2) is 9.78 Å². The number of rotatable bonds is 2. The van der Waals surface area contributed by atoms with Crippen molar-refractivity contribution in [2.75, 3.05) is 0 Å². The Kier molecular flexibility index (Phi) is 3.34. The molecule has 0 aliphatic carbocycles. The van der Waals surface area contributed by atoms with E-state index >= 15 is 0 Å². The first-order valence-corrected chi connectivity index (χ1v) is 5.74. The Morgan fingerprint density at radius 3 is 2.28 bits per heavy atom. The summed E-state index contributed by atoms with van der Waals surface area (Å²) in [5, 5.41) is 4.10. The molecule has 6 heteroatoms. The maximum Gasteiger partial charge on any atom is 0.416 e. The SMILES string of the molecule is Cc1c(CCl)cnn1-c1ccc(C(F)(F)F)cc1. The van der Waals surface area contributed by atoms with Crippen LogP contribution in [0.5, 0.6) is 0 Å². The van der Waals surface area contributed by atoms with Gasteiger partial charge < -0.3 is 0 Å². The minimum Gasteiger partial charge on any atom is -0.238 e. The zero-order valence-corrected chi connectivity index (χ0v) is 10.3. The molecule has 18 heavy (non-hydrogen) atoms. The van der Waals surface area contributed by atoms with Gasteiger partial charge in [0.2, 0.25) is 0 Å². The van der Waals surface area contributed by atoms with Crippen molar-refractivity contribution >= 4 is 11.6 Å². The Labute approximate surface area is 107 Å². The smallest absolute Gasteiger partial charge is 0.238 e. The van der Waals surface area contributed by atoms with Gasteiger partial charge >= 0.3 is 6.18 Å². The van der Waals surface area contributed by atoms with Gasteiger partial charge in [0, 0.05) is 11.3 Å². The lowest BCUT2D eigenvalue weighted by Gasteiger charge is -2.09. The summed E-state index contributed by atoms with van der Waals surface area (Å²) in [5.41, 5.74) is 1.59. The van der Waals surface area contributed by atoms with Gasteiger partial charge in [0.05, 0.1) is 23.3 Å². The molecule has 0 amide bonds. The molecular formula is C12H10ClF3N2. The summed E-state index contributed by atoms with van der Waals surface area (Å²) >= 11 is 5.72. The van der Waals surface area contributed by atoms with Crippen LogP contribution in [0.3, 0.4) is 0 Å². The average Bonchev–Trinajstić information content (AvgIpc) is 2.69. The predicted octanol–water partition coefficient (Wildman–Crippen LogP) is 3.94. The van der Waals surface area contributed by atoms with Gasteiger partial charge in [-0.1, -0.05) is 0 Å². The molecule has 1 aromatic heterocycles. The van der Waals surface area contributed by atoms with Gasteiger partial charge in [-0.3, -0.25) is 0 Å². The lowest BCUT2D eigenvalue weighted by molar-refractivity contribution is -0.137. The van der Waals surface area contributed by atoms with E-state index in [0.29, 0.717) is 11.6 Å². The molecule has 0 aliphatic heterocycles. The number of benzene rings is 1. The Hall–Kier alpha value is -1.49. The van der Waals surface area contributed by atoms with Crippen LogP contribution in [0.1, 0.15) is 16.8 Å². The van der Waals surface area contributed by atoms with Gasteiger partial charge in [-0.2, -0.15) is 18.3 Å². The second-order valence-corrected chi connectivity index (χ2v) is 4.11. The summed E-state index contributed by atoms with van der Waals surface area (Å²) in [7, 11) is 0. The first kappa shape index (κ1) is 13.0. The molecule has 0 unspecified atom stereocenters. The van der Waals surface area contributed by atoms with Crippen molar-refractivity contribution in [1.82, 2.24) is 9.78 Å². The number of hydrogen-bond donors (Lipinski definition) is 0. The molecule has 0 aliphatic rings. The maximum atomic E-state index is 12.4. The highest BCUT2D eigenvalue weighted by Crippen LogP contribution is 2.29. The third kappa shape index (κ3) is 2.36. The molecule has 0 N–H and O–H groups in total. The van der Waals surface area contributed by atoms with Gasteiger partial charge in [-0.25, -0.2) is 4.68 Å². The normalized spacial score (nSPS) is 11.8. The number of halogens is 4. The quantitative estimate of drug-likeness (QED) is 0.759. The van der Waals surface area contributed by atoms with Crippen molar-refractivity contribution in [3.8, 4) is 5.69 Å². The Morgan fingerprint density at radius 1 is 1.22 bits per heavy atom. The largest absolute Gasteiger partial charge is 0.416 e. The Bertz CT molecular complexity index is 543. The number of alkyl halides is 4. The van der Waals surface area contributed by atoms with Crippen molar-refractivity contribution in [1.29, 1.82) is 0 Å². The van der Waals surface area contributed by atoms with Crippen LogP contribution in [-0.2, 0) is 12.1 Å². The van der Waals surface area contributed by atoms with Crippen LogP contribution < -0.4 is 0 Å². The van der Waals surface area contributed by atoms with Gasteiger partial charge in [-0.05, 0) is 31.2 Å². The molecule has 0 radical (unpaired) electrons. The Morgan fingerprint density at radius 2 is 1.83 bits per heavy atom. The average molecular weight is 275 g/mol. The van der Waals surface area contributed by atoms with E-state index in [9.17, 15) is 13.2 Å². The molecule has 0 atom stereocenters. The first-order valence-electron chi connectivity index (χ1n) is 5.20. The minimum absolute atomic E-state index is 0.326. The summed E-state index contributed by atoms with van der Waals surface area (Å²) in [6.45, 7) is 1.82. The summed E-state index contributed by atoms with van der Waals surface area (Å²) in [6.07, 6.45) is -2.71. The third-order valence-electron chi connectivity index (χ3n) is 2.69. The van der Waals surface area contributed by atoms with Crippen molar-refractivity contribution < 1.29 is 13.2 Å². The van der Waals surface area contributed by atoms with E-state index in [-0.39, 0.29) is 0 Å². The highest BCUT2D eigenvalue weighted by Gasteiger charge is 2.30. The van der Waals surface area contributed by atoms with Crippen LogP contribution in [0.4, 0.5) is 13.2 Å². The second kappa shape index (κ2) is 4.65. The minimum atomic E-state index is -4.32. The van der Waals surface area contributed by atoms with E-state index in [0.717, 1.165) is 23.4 Å². The highest BCUT2D eigenvalue weighted by molar-refractivity contribution is 6.17. The van der Waals surface area contributed by atoms with Crippen LogP contribution >= 0.6 is 11.6 Å². The molecule has 0 fully saturated rings. The fraction of sp³-hybridized carbons (Fsp3) is 0.250. The summed E-state index contributed by atoms with van der Waals surface area (Å²) in [5.74, 6) is 0.326. The molecular weight excluding hydrogens is 265 g/mol. The fourth-order valence-electron chi connectivity index (χ4n) is 1.63. The van der Waals surface area contributed by atoms with Crippen LogP contribution in [0.2, 0.25) is 0 Å². The third-order valence-corrected chi connectivity index (χ3v) is 2.98. The number of hydrogen-bond acceptors (Lipinski definition) is 1. The topological polar surface area (TPSA) is 17.8 Å². The van der Waals surface area contributed by atoms with Gasteiger partial charge in [0.25, 0.3) is 0 Å². The summed E-state index contributed by atoms with van der Waals surface area (Å²) < 4.78 is 38.8. The predicted molar refractivity (Wildman–Crippen MR) is 62.9 cm³/mol. The lowest BCUT2D eigenvalue weighted by Crippen LogP contribution is -2.05. The van der Waals surface area contributed by atoms with Crippen molar-refractivity contribution in [3.63, 3.8) is 0 Å².